The van der Waals surface area contributed by atoms with Crippen LogP contribution < -0.4 is 10.1 Å². The number of nitrogens with zero attached hydrogens (tertiary/aromatic N) is 2. The van der Waals surface area contributed by atoms with Crippen molar-refractivity contribution in [2.75, 3.05) is 0 Å². The predicted molar refractivity (Wildman–Crippen MR) is 181 cm³/mol. The SMILES string of the molecule is O=C(N[C@H](Cc1c[nH]c2ccc(O)cc12)C(=O)O)c1ccc2c(c1)nc(-c1ccc(OCc3ccccc3)cc1)n2C1CCCCC1. The summed E-state index contributed by atoms with van der Waals surface area (Å²) in [6.07, 6.45) is 7.42. The maximum atomic E-state index is 13.4. The molecule has 9 heteroatoms. The van der Waals surface area contributed by atoms with Crippen molar-refractivity contribution in [1.29, 1.82) is 0 Å². The van der Waals surface area contributed by atoms with Gasteiger partial charge in [0.05, 0.1) is 11.0 Å². The van der Waals surface area contributed by atoms with E-state index in [1.54, 1.807) is 36.5 Å². The Bertz CT molecular complexity index is 2040. The average molecular weight is 629 g/mol. The van der Waals surface area contributed by atoms with E-state index in [2.05, 4.69) is 14.9 Å². The monoisotopic (exact) mass is 628 g/mol. The molecule has 0 spiro atoms. The highest BCUT2D eigenvalue weighted by molar-refractivity contribution is 6.00. The maximum absolute atomic E-state index is 13.4. The van der Waals surface area contributed by atoms with Gasteiger partial charge < -0.3 is 29.8 Å². The number of phenolic OH excluding ortho intramolecular Hbond substituents is 1. The number of carbonyl (C=O) groups is 2. The molecule has 4 N–H and O–H groups in total. The van der Waals surface area contributed by atoms with Gasteiger partial charge in [0.2, 0.25) is 0 Å². The number of nitrogens with one attached hydrogen (secondary N) is 2. The van der Waals surface area contributed by atoms with Crippen LogP contribution in [0.4, 0.5) is 0 Å². The first kappa shape index (κ1) is 30.1. The lowest BCUT2D eigenvalue weighted by atomic mass is 9.94. The minimum Gasteiger partial charge on any atom is -0.508 e. The molecular formula is C38H36N4O5. The van der Waals surface area contributed by atoms with Crippen LogP contribution in [0.1, 0.15) is 59.6 Å². The number of carboxylic acid groups (broad SMARTS) is 1. The Hall–Kier alpha value is -5.57. The zero-order chi connectivity index (χ0) is 32.3. The highest BCUT2D eigenvalue weighted by Crippen LogP contribution is 2.36. The molecule has 1 aliphatic rings. The zero-order valence-electron chi connectivity index (χ0n) is 25.9. The smallest absolute Gasteiger partial charge is 0.326 e. The van der Waals surface area contributed by atoms with Gasteiger partial charge in [-0.1, -0.05) is 49.6 Å². The van der Waals surface area contributed by atoms with Crippen molar-refractivity contribution in [3.05, 3.63) is 114 Å². The fourth-order valence-corrected chi connectivity index (χ4v) is 6.59. The van der Waals surface area contributed by atoms with Crippen molar-refractivity contribution in [3.8, 4) is 22.9 Å². The zero-order valence-corrected chi connectivity index (χ0v) is 25.9. The molecular weight excluding hydrogens is 592 g/mol. The number of carbonyl (C=O) groups excluding carboxylic acids is 1. The lowest BCUT2D eigenvalue weighted by Gasteiger charge is -2.25. The van der Waals surface area contributed by atoms with Gasteiger partial charge in [0.15, 0.2) is 0 Å². The summed E-state index contributed by atoms with van der Waals surface area (Å²) in [6.45, 7) is 0.486. The summed E-state index contributed by atoms with van der Waals surface area (Å²) in [5.74, 6) is 0.0611. The third kappa shape index (κ3) is 6.42. The number of carboxylic acids is 1. The van der Waals surface area contributed by atoms with Crippen molar-refractivity contribution in [1.82, 2.24) is 19.9 Å². The molecule has 47 heavy (non-hydrogen) atoms. The van der Waals surface area contributed by atoms with Gasteiger partial charge >= 0.3 is 5.97 Å². The molecule has 0 saturated heterocycles. The third-order valence-corrected chi connectivity index (χ3v) is 9.03. The van der Waals surface area contributed by atoms with Gasteiger partial charge in [0.25, 0.3) is 5.91 Å². The van der Waals surface area contributed by atoms with Gasteiger partial charge in [-0.25, -0.2) is 9.78 Å². The number of H-pyrrole nitrogens is 1. The average Bonchev–Trinajstić information content (AvgIpc) is 3.68. The van der Waals surface area contributed by atoms with Crippen LogP contribution in [0.25, 0.3) is 33.3 Å². The Morgan fingerprint density at radius 3 is 2.51 bits per heavy atom. The molecule has 7 rings (SSSR count). The van der Waals surface area contributed by atoms with E-state index in [-0.39, 0.29) is 12.2 Å². The van der Waals surface area contributed by atoms with Gasteiger partial charge in [0.1, 0.15) is 30.0 Å². The Morgan fingerprint density at radius 1 is 0.957 bits per heavy atom. The first-order valence-electron chi connectivity index (χ1n) is 16.0. The molecule has 1 atom stereocenters. The molecule has 2 aromatic heterocycles. The van der Waals surface area contributed by atoms with Crippen LogP contribution in [-0.2, 0) is 17.8 Å². The summed E-state index contributed by atoms with van der Waals surface area (Å²) in [5.41, 5.74) is 5.49. The number of aromatic hydroxyl groups is 1. The minimum atomic E-state index is -1.17. The van der Waals surface area contributed by atoms with Crippen LogP contribution in [-0.4, -0.2) is 42.7 Å². The Labute approximate surface area is 271 Å². The second-order valence-corrected chi connectivity index (χ2v) is 12.2. The van der Waals surface area contributed by atoms with Gasteiger partial charge in [-0.3, -0.25) is 4.79 Å². The van der Waals surface area contributed by atoms with E-state index in [9.17, 15) is 19.8 Å². The molecule has 0 unspecified atom stereocenters. The standard InChI is InChI=1S/C38H36N4O5/c43-29-14-17-32-31(21-29)27(22-39-32)20-34(38(45)46)41-37(44)26-13-18-35-33(19-26)40-36(42(35)28-9-5-2-6-10-28)25-11-15-30(16-12-25)47-23-24-7-3-1-4-8-24/h1,3-4,7-8,11-19,21-22,28,34,39,43H,2,5-6,9-10,20,23H2,(H,41,44)(H,45,46)/t34-/m1/s1. The molecule has 1 amide bonds. The van der Waals surface area contributed by atoms with E-state index in [4.69, 9.17) is 9.72 Å². The van der Waals surface area contributed by atoms with E-state index in [1.807, 2.05) is 60.7 Å². The normalized spacial score (nSPS) is 14.3. The number of phenols is 1. The topological polar surface area (TPSA) is 129 Å². The molecule has 2 heterocycles. The van der Waals surface area contributed by atoms with Crippen molar-refractivity contribution >= 4 is 33.8 Å². The number of rotatable bonds is 10. The summed E-state index contributed by atoms with van der Waals surface area (Å²) in [6, 6.07) is 27.4. The van der Waals surface area contributed by atoms with Gasteiger partial charge in [0, 0.05) is 40.7 Å². The number of fused-ring (bicyclic) bond motifs is 2. The maximum Gasteiger partial charge on any atom is 0.326 e. The van der Waals surface area contributed by atoms with E-state index >= 15 is 0 Å². The van der Waals surface area contributed by atoms with Gasteiger partial charge in [-0.15, -0.1) is 0 Å². The van der Waals surface area contributed by atoms with Crippen LogP contribution in [0.5, 0.6) is 11.5 Å². The Morgan fingerprint density at radius 2 is 1.74 bits per heavy atom. The first-order chi connectivity index (χ1) is 22.9. The summed E-state index contributed by atoms with van der Waals surface area (Å²) >= 11 is 0. The van der Waals surface area contributed by atoms with Crippen molar-refractivity contribution < 1.29 is 24.5 Å². The van der Waals surface area contributed by atoms with E-state index in [0.29, 0.717) is 34.7 Å². The quantitative estimate of drug-likeness (QED) is 0.125. The minimum absolute atomic E-state index is 0.0539. The van der Waals surface area contributed by atoms with E-state index < -0.39 is 17.9 Å². The lowest BCUT2D eigenvalue weighted by Crippen LogP contribution is -2.42. The van der Waals surface area contributed by atoms with Gasteiger partial charge in [-0.2, -0.15) is 0 Å². The van der Waals surface area contributed by atoms with Crippen LogP contribution in [0, 0.1) is 0 Å². The summed E-state index contributed by atoms with van der Waals surface area (Å²) in [5, 5.41) is 23.3. The lowest BCUT2D eigenvalue weighted by molar-refractivity contribution is -0.139. The number of aromatic nitrogens is 3. The van der Waals surface area contributed by atoms with Crippen molar-refractivity contribution in [3.63, 3.8) is 0 Å². The fourth-order valence-electron chi connectivity index (χ4n) is 6.59. The molecule has 1 aliphatic carbocycles. The first-order valence-corrected chi connectivity index (χ1v) is 16.0. The molecule has 238 valence electrons. The summed E-state index contributed by atoms with van der Waals surface area (Å²) in [4.78, 5) is 33.8. The fraction of sp³-hybridized carbons (Fsp3) is 0.237. The molecule has 6 aromatic rings. The number of hydrogen-bond donors (Lipinski definition) is 4. The van der Waals surface area contributed by atoms with Crippen LogP contribution >= 0.6 is 0 Å². The Kier molecular flexibility index (Phi) is 8.35. The molecule has 4 aromatic carbocycles. The molecule has 1 fully saturated rings. The second kappa shape index (κ2) is 13.0. The summed E-state index contributed by atoms with van der Waals surface area (Å²) < 4.78 is 8.32. The molecule has 9 nitrogen and oxygen atoms in total. The third-order valence-electron chi connectivity index (χ3n) is 9.03. The predicted octanol–water partition coefficient (Wildman–Crippen LogP) is 7.40. The summed E-state index contributed by atoms with van der Waals surface area (Å²) in [7, 11) is 0. The second-order valence-electron chi connectivity index (χ2n) is 12.2. The largest absolute Gasteiger partial charge is 0.508 e. The van der Waals surface area contributed by atoms with Crippen LogP contribution in [0.15, 0.2) is 97.2 Å². The number of amides is 1. The number of benzene rings is 4. The number of imidazole rings is 1. The van der Waals surface area contributed by atoms with Crippen LogP contribution in [0.3, 0.4) is 0 Å². The Balaban J connectivity index is 1.15. The van der Waals surface area contributed by atoms with E-state index in [1.165, 1.54) is 6.42 Å². The number of ether oxygens (including phenoxy) is 1. The molecule has 0 radical (unpaired) electrons. The van der Waals surface area contributed by atoms with Gasteiger partial charge in [-0.05, 0) is 84.6 Å². The highest BCUT2D eigenvalue weighted by Gasteiger charge is 2.25. The number of hydrogen-bond acceptors (Lipinski definition) is 5. The van der Waals surface area contributed by atoms with Crippen molar-refractivity contribution in [2.45, 2.75) is 57.2 Å². The number of aliphatic carboxylic acids is 1. The van der Waals surface area contributed by atoms with Crippen LogP contribution in [0.2, 0.25) is 0 Å². The molecule has 0 aliphatic heterocycles. The van der Waals surface area contributed by atoms with E-state index in [0.717, 1.165) is 59.4 Å². The van der Waals surface area contributed by atoms with Crippen molar-refractivity contribution in [2.24, 2.45) is 0 Å². The number of aromatic amines is 1. The highest BCUT2D eigenvalue weighted by atomic mass is 16.5. The molecule has 0 bridgehead atoms. The molecule has 1 saturated carbocycles.